The number of nitrogens with two attached hydrogens (primary N) is 1. The van der Waals surface area contributed by atoms with Crippen LogP contribution in [0.1, 0.15) is 34.8 Å². The van der Waals surface area contributed by atoms with Crippen molar-refractivity contribution in [3.63, 3.8) is 0 Å². The molecule has 0 atom stereocenters. The summed E-state index contributed by atoms with van der Waals surface area (Å²) in [5.74, 6) is 0.372. The van der Waals surface area contributed by atoms with Crippen LogP contribution >= 0.6 is 0 Å². The van der Waals surface area contributed by atoms with Gasteiger partial charge in [0.2, 0.25) is 0 Å². The Morgan fingerprint density at radius 1 is 1.04 bits per heavy atom. The van der Waals surface area contributed by atoms with Gasteiger partial charge in [0.15, 0.2) is 6.61 Å². The molecule has 2 rings (SSSR count). The number of aryl methyl sites for hydroxylation is 1. The molecule has 144 valence electrons. The smallest absolute Gasteiger partial charge is 0.258 e. The average molecular weight is 369 g/mol. The van der Waals surface area contributed by atoms with Gasteiger partial charge in [-0.05, 0) is 54.8 Å². The Labute approximate surface area is 160 Å². The minimum absolute atomic E-state index is 0.0329. The third kappa shape index (κ3) is 7.11. The van der Waals surface area contributed by atoms with E-state index in [9.17, 15) is 9.59 Å². The van der Waals surface area contributed by atoms with E-state index >= 15 is 0 Å². The van der Waals surface area contributed by atoms with Crippen molar-refractivity contribution in [1.82, 2.24) is 10.6 Å². The zero-order chi connectivity index (χ0) is 19.5. The molecule has 6 nitrogen and oxygen atoms in total. The molecule has 0 bridgehead atoms. The molecule has 6 heteroatoms. The first-order valence-corrected chi connectivity index (χ1v) is 9.18. The molecule has 0 unspecified atom stereocenters. The van der Waals surface area contributed by atoms with Gasteiger partial charge in [0.05, 0.1) is 0 Å². The van der Waals surface area contributed by atoms with Crippen LogP contribution in [0, 0.1) is 0 Å². The second-order valence-corrected chi connectivity index (χ2v) is 6.16. The molecule has 27 heavy (non-hydrogen) atoms. The normalized spacial score (nSPS) is 10.3. The van der Waals surface area contributed by atoms with Crippen LogP contribution in [0.15, 0.2) is 48.5 Å². The Hall–Kier alpha value is -2.86. The predicted molar refractivity (Wildman–Crippen MR) is 106 cm³/mol. The molecule has 0 saturated carbocycles. The topological polar surface area (TPSA) is 93.4 Å². The molecule has 0 heterocycles. The molecular formula is C21H27N3O3. The lowest BCUT2D eigenvalue weighted by Gasteiger charge is -2.09. The number of rotatable bonds is 10. The monoisotopic (exact) mass is 369 g/mol. The molecule has 4 N–H and O–H groups in total. The molecule has 0 aromatic heterocycles. The first-order valence-electron chi connectivity index (χ1n) is 9.18. The molecule has 0 radical (unpaired) electrons. The van der Waals surface area contributed by atoms with Crippen molar-refractivity contribution < 1.29 is 14.3 Å². The van der Waals surface area contributed by atoms with Gasteiger partial charge in [-0.25, -0.2) is 0 Å². The number of hydrogen-bond acceptors (Lipinski definition) is 4. The number of ether oxygens (including phenoxy) is 1. The maximum absolute atomic E-state index is 12.0. The number of amides is 2. The molecule has 2 aromatic carbocycles. The van der Waals surface area contributed by atoms with Crippen molar-refractivity contribution in [2.45, 2.75) is 26.3 Å². The van der Waals surface area contributed by atoms with Crippen LogP contribution in [-0.2, 0) is 17.8 Å². The van der Waals surface area contributed by atoms with Gasteiger partial charge in [-0.3, -0.25) is 9.59 Å². The summed E-state index contributed by atoms with van der Waals surface area (Å²) in [7, 11) is 0. The van der Waals surface area contributed by atoms with Gasteiger partial charge < -0.3 is 21.1 Å². The highest BCUT2D eigenvalue weighted by molar-refractivity contribution is 5.94. The van der Waals surface area contributed by atoms with Gasteiger partial charge >= 0.3 is 0 Å². The number of hydrogen-bond donors (Lipinski definition) is 3. The van der Waals surface area contributed by atoms with E-state index < -0.39 is 0 Å². The van der Waals surface area contributed by atoms with Gasteiger partial charge in [-0.15, -0.1) is 0 Å². The summed E-state index contributed by atoms with van der Waals surface area (Å²) in [5.41, 5.74) is 8.07. The number of carbonyl (C=O) groups is 2. The molecular weight excluding hydrogens is 342 g/mol. The Morgan fingerprint density at radius 2 is 1.81 bits per heavy atom. The van der Waals surface area contributed by atoms with Crippen molar-refractivity contribution in [2.24, 2.45) is 5.73 Å². The second-order valence-electron chi connectivity index (χ2n) is 6.16. The minimum Gasteiger partial charge on any atom is -0.484 e. The van der Waals surface area contributed by atoms with Gasteiger partial charge in [0.1, 0.15) is 5.75 Å². The van der Waals surface area contributed by atoms with Gasteiger partial charge in [-0.2, -0.15) is 0 Å². The summed E-state index contributed by atoms with van der Waals surface area (Å²) in [5, 5.41) is 5.61. The standard InChI is InChI=1S/C21H27N3O3/c1-2-16-5-3-6-19(13-16)27-15-20(25)24-14-17-7-9-18(10-8-17)21(26)23-12-4-11-22/h3,5-10,13H,2,4,11-12,14-15,22H2,1H3,(H,23,26)(H,24,25). The largest absolute Gasteiger partial charge is 0.484 e. The van der Waals surface area contributed by atoms with Crippen LogP contribution < -0.4 is 21.1 Å². The summed E-state index contributed by atoms with van der Waals surface area (Å²) < 4.78 is 5.52. The summed E-state index contributed by atoms with van der Waals surface area (Å²) >= 11 is 0. The molecule has 0 fully saturated rings. The second kappa shape index (κ2) is 11.0. The number of nitrogens with one attached hydrogen (secondary N) is 2. The highest BCUT2D eigenvalue weighted by atomic mass is 16.5. The van der Waals surface area contributed by atoms with E-state index in [4.69, 9.17) is 10.5 Å². The zero-order valence-electron chi connectivity index (χ0n) is 15.7. The van der Waals surface area contributed by atoms with Gasteiger partial charge in [0.25, 0.3) is 11.8 Å². The molecule has 0 spiro atoms. The van der Waals surface area contributed by atoms with E-state index in [2.05, 4.69) is 17.6 Å². The van der Waals surface area contributed by atoms with E-state index in [-0.39, 0.29) is 18.4 Å². The van der Waals surface area contributed by atoms with E-state index in [1.54, 1.807) is 12.1 Å². The lowest BCUT2D eigenvalue weighted by molar-refractivity contribution is -0.123. The SMILES string of the molecule is CCc1cccc(OCC(=O)NCc2ccc(C(=O)NCCCN)cc2)c1. The van der Waals surface area contributed by atoms with Crippen molar-refractivity contribution in [1.29, 1.82) is 0 Å². The lowest BCUT2D eigenvalue weighted by Crippen LogP contribution is -2.28. The first kappa shape index (κ1) is 20.5. The van der Waals surface area contributed by atoms with Gasteiger partial charge in [0, 0.05) is 18.7 Å². The molecule has 0 aliphatic rings. The average Bonchev–Trinajstić information content (AvgIpc) is 2.71. The van der Waals surface area contributed by atoms with Crippen LogP contribution in [0.25, 0.3) is 0 Å². The molecule has 0 aliphatic carbocycles. The molecule has 2 aromatic rings. The summed E-state index contributed by atoms with van der Waals surface area (Å²) in [6.07, 6.45) is 1.67. The fourth-order valence-corrected chi connectivity index (χ4v) is 2.44. The third-order valence-corrected chi connectivity index (χ3v) is 4.05. The van der Waals surface area contributed by atoms with E-state index in [0.29, 0.717) is 30.9 Å². The summed E-state index contributed by atoms with van der Waals surface area (Å²) in [6.45, 7) is 3.53. The first-order chi connectivity index (χ1) is 13.1. The van der Waals surface area contributed by atoms with Crippen molar-refractivity contribution >= 4 is 11.8 Å². The molecule has 0 aliphatic heterocycles. The quantitative estimate of drug-likeness (QED) is 0.559. The van der Waals surface area contributed by atoms with E-state index in [1.165, 1.54) is 5.56 Å². The maximum Gasteiger partial charge on any atom is 0.258 e. The maximum atomic E-state index is 12.0. The summed E-state index contributed by atoms with van der Waals surface area (Å²) in [4.78, 5) is 23.9. The van der Waals surface area contributed by atoms with E-state index in [0.717, 1.165) is 18.4 Å². The number of benzene rings is 2. The highest BCUT2D eigenvalue weighted by Crippen LogP contribution is 2.13. The van der Waals surface area contributed by atoms with Crippen molar-refractivity contribution in [3.05, 3.63) is 65.2 Å². The van der Waals surface area contributed by atoms with Crippen molar-refractivity contribution in [3.8, 4) is 5.75 Å². The van der Waals surface area contributed by atoms with Crippen LogP contribution in [0.3, 0.4) is 0 Å². The Kier molecular flexibility index (Phi) is 8.32. The van der Waals surface area contributed by atoms with Gasteiger partial charge in [-0.1, -0.05) is 31.2 Å². The zero-order valence-corrected chi connectivity index (χ0v) is 15.7. The predicted octanol–water partition coefficient (Wildman–Crippen LogP) is 2.02. The molecule has 0 saturated heterocycles. The van der Waals surface area contributed by atoms with Crippen LogP contribution in [0.2, 0.25) is 0 Å². The fourth-order valence-electron chi connectivity index (χ4n) is 2.44. The summed E-state index contributed by atoms with van der Waals surface area (Å²) in [6, 6.07) is 14.8. The van der Waals surface area contributed by atoms with Crippen LogP contribution in [0.5, 0.6) is 5.75 Å². The van der Waals surface area contributed by atoms with Crippen LogP contribution in [0.4, 0.5) is 0 Å². The minimum atomic E-state index is -0.194. The Balaban J connectivity index is 1.75. The van der Waals surface area contributed by atoms with Crippen molar-refractivity contribution in [2.75, 3.05) is 19.7 Å². The Bertz CT molecular complexity index is 745. The Morgan fingerprint density at radius 3 is 2.52 bits per heavy atom. The van der Waals surface area contributed by atoms with Crippen LogP contribution in [-0.4, -0.2) is 31.5 Å². The highest BCUT2D eigenvalue weighted by Gasteiger charge is 2.06. The lowest BCUT2D eigenvalue weighted by atomic mass is 10.1. The van der Waals surface area contributed by atoms with E-state index in [1.807, 2.05) is 36.4 Å². The third-order valence-electron chi connectivity index (χ3n) is 4.05. The fraction of sp³-hybridized carbons (Fsp3) is 0.333. The number of carbonyl (C=O) groups excluding carboxylic acids is 2. The molecule has 2 amide bonds.